The first-order chi connectivity index (χ1) is 3.34. The van der Waals surface area contributed by atoms with Crippen LogP contribution in [0, 0.1) is 0 Å². The van der Waals surface area contributed by atoms with Gasteiger partial charge in [0.2, 0.25) is 0 Å². The molecule has 1 fully saturated rings. The molecule has 1 unspecified atom stereocenters. The predicted octanol–water partition coefficient (Wildman–Crippen LogP) is 0.270. The van der Waals surface area contributed by atoms with Crippen molar-refractivity contribution in [3.8, 4) is 0 Å². The molecule has 0 aromatic rings. The van der Waals surface area contributed by atoms with Crippen molar-refractivity contribution in [2.24, 2.45) is 0 Å². The third-order valence-corrected chi connectivity index (χ3v) is 0.888. The Balaban J connectivity index is 2.08. The van der Waals surface area contributed by atoms with E-state index in [1.54, 1.807) is 0 Å². The fraction of sp³-hybridized carbons (Fsp3) is 0.750. The van der Waals surface area contributed by atoms with Gasteiger partial charge in [-0.05, 0) is 0 Å². The third kappa shape index (κ3) is 0.885. The van der Waals surface area contributed by atoms with Gasteiger partial charge in [0.1, 0.15) is 12.3 Å². The number of halogens is 1. The van der Waals surface area contributed by atoms with Crippen molar-refractivity contribution in [1.29, 1.82) is 0 Å². The Bertz CT molecular complexity index is 83.8. The van der Waals surface area contributed by atoms with Crippen molar-refractivity contribution >= 4 is 6.47 Å². The zero-order valence-corrected chi connectivity index (χ0v) is 3.63. The molecule has 40 valence electrons. The molecule has 0 spiro atoms. The standard InChI is InChI=1S/C4H5FO2/c5-3-1-4(3)7-2-6/h2-4H,1H2/t3-,4?/m0/s1. The number of rotatable bonds is 2. The topological polar surface area (TPSA) is 26.3 Å². The molecule has 1 rings (SSSR count). The van der Waals surface area contributed by atoms with Crippen molar-refractivity contribution in [2.75, 3.05) is 0 Å². The molecule has 0 heterocycles. The summed E-state index contributed by atoms with van der Waals surface area (Å²) in [5.41, 5.74) is 0. The molecule has 0 radical (unpaired) electrons. The maximum absolute atomic E-state index is 11.7. The van der Waals surface area contributed by atoms with Gasteiger partial charge in [-0.25, -0.2) is 4.39 Å². The van der Waals surface area contributed by atoms with Crippen LogP contribution in [0.2, 0.25) is 0 Å². The Morgan fingerprint density at radius 2 is 2.43 bits per heavy atom. The largest absolute Gasteiger partial charge is 0.461 e. The Morgan fingerprint density at radius 1 is 1.86 bits per heavy atom. The van der Waals surface area contributed by atoms with Crippen LogP contribution in [0.1, 0.15) is 6.42 Å². The van der Waals surface area contributed by atoms with Crippen molar-refractivity contribution < 1.29 is 13.9 Å². The van der Waals surface area contributed by atoms with E-state index in [-0.39, 0.29) is 6.47 Å². The number of carbonyl (C=O) groups excluding carboxylic acids is 1. The Hall–Kier alpha value is -0.600. The second-order valence-electron chi connectivity index (χ2n) is 1.52. The van der Waals surface area contributed by atoms with Crippen LogP contribution >= 0.6 is 0 Å². The van der Waals surface area contributed by atoms with Crippen LogP contribution in [0.25, 0.3) is 0 Å². The summed E-state index contributed by atoms with van der Waals surface area (Å²) >= 11 is 0. The molecule has 3 heteroatoms. The monoisotopic (exact) mass is 104 g/mol. The van der Waals surface area contributed by atoms with Crippen LogP contribution in [0.3, 0.4) is 0 Å². The summed E-state index contributed by atoms with van der Waals surface area (Å²) in [6.45, 7) is 0.282. The van der Waals surface area contributed by atoms with Crippen LogP contribution in [0.5, 0.6) is 0 Å². The molecule has 1 aliphatic rings. The lowest BCUT2D eigenvalue weighted by molar-refractivity contribution is -0.130. The number of hydrogen-bond donors (Lipinski definition) is 0. The number of alkyl halides is 1. The third-order valence-electron chi connectivity index (χ3n) is 0.888. The van der Waals surface area contributed by atoms with Gasteiger partial charge in [0.25, 0.3) is 6.47 Å². The summed E-state index contributed by atoms with van der Waals surface area (Å²) in [7, 11) is 0. The van der Waals surface area contributed by atoms with E-state index < -0.39 is 12.3 Å². The summed E-state index contributed by atoms with van der Waals surface area (Å²) in [6.07, 6.45) is -0.915. The minimum absolute atomic E-state index is 0.282. The van der Waals surface area contributed by atoms with Crippen LogP contribution in [0.15, 0.2) is 0 Å². The maximum Gasteiger partial charge on any atom is 0.293 e. The van der Waals surface area contributed by atoms with E-state index in [4.69, 9.17) is 0 Å². The first kappa shape index (κ1) is 4.56. The van der Waals surface area contributed by atoms with E-state index in [0.29, 0.717) is 6.42 Å². The molecular weight excluding hydrogens is 99.0 g/mol. The molecule has 0 aliphatic heterocycles. The van der Waals surface area contributed by atoms with Gasteiger partial charge in [-0.15, -0.1) is 0 Å². The highest BCUT2D eigenvalue weighted by atomic mass is 19.1. The highest BCUT2D eigenvalue weighted by Gasteiger charge is 2.39. The summed E-state index contributed by atoms with van der Waals surface area (Å²) in [5.74, 6) is 0. The molecule has 1 saturated carbocycles. The lowest BCUT2D eigenvalue weighted by atomic mass is 10.8. The Kier molecular flexibility index (Phi) is 0.964. The summed E-state index contributed by atoms with van der Waals surface area (Å²) in [6, 6.07) is 0. The minimum Gasteiger partial charge on any atom is -0.461 e. The molecule has 1 aliphatic carbocycles. The van der Waals surface area contributed by atoms with Crippen molar-refractivity contribution in [2.45, 2.75) is 18.7 Å². The van der Waals surface area contributed by atoms with Crippen LogP contribution in [-0.4, -0.2) is 18.7 Å². The van der Waals surface area contributed by atoms with Crippen LogP contribution in [-0.2, 0) is 9.53 Å². The fourth-order valence-electron chi connectivity index (χ4n) is 0.356. The zero-order chi connectivity index (χ0) is 5.28. The highest BCUT2D eigenvalue weighted by Crippen LogP contribution is 2.27. The molecule has 0 aromatic heterocycles. The molecular formula is C4H5FO2. The van der Waals surface area contributed by atoms with Gasteiger partial charge in [-0.2, -0.15) is 0 Å². The molecule has 0 aromatic carbocycles. The second kappa shape index (κ2) is 1.48. The average Bonchev–Trinajstić information content (AvgIpc) is 2.22. The van der Waals surface area contributed by atoms with Gasteiger partial charge in [-0.3, -0.25) is 4.79 Å². The van der Waals surface area contributed by atoms with Crippen molar-refractivity contribution in [1.82, 2.24) is 0 Å². The molecule has 7 heavy (non-hydrogen) atoms. The average molecular weight is 104 g/mol. The maximum atomic E-state index is 11.7. The van der Waals surface area contributed by atoms with Gasteiger partial charge >= 0.3 is 0 Å². The van der Waals surface area contributed by atoms with Gasteiger partial charge in [-0.1, -0.05) is 0 Å². The number of carbonyl (C=O) groups is 1. The van der Waals surface area contributed by atoms with Gasteiger partial charge in [0.15, 0.2) is 0 Å². The molecule has 0 bridgehead atoms. The molecule has 2 nitrogen and oxygen atoms in total. The van der Waals surface area contributed by atoms with E-state index in [1.807, 2.05) is 0 Å². The Labute approximate surface area is 40.3 Å². The van der Waals surface area contributed by atoms with Gasteiger partial charge in [0.05, 0.1) is 0 Å². The number of ether oxygens (including phenoxy) is 1. The van der Waals surface area contributed by atoms with Crippen LogP contribution in [0.4, 0.5) is 4.39 Å². The molecule has 0 amide bonds. The summed E-state index contributed by atoms with van der Waals surface area (Å²) in [5, 5.41) is 0. The molecule has 0 saturated heterocycles. The SMILES string of the molecule is O=COC1C[C@@H]1F. The van der Waals surface area contributed by atoms with E-state index in [2.05, 4.69) is 4.74 Å². The van der Waals surface area contributed by atoms with E-state index in [9.17, 15) is 9.18 Å². The zero-order valence-electron chi connectivity index (χ0n) is 3.63. The molecule has 2 atom stereocenters. The smallest absolute Gasteiger partial charge is 0.293 e. The summed E-state index contributed by atoms with van der Waals surface area (Å²) in [4.78, 5) is 9.41. The highest BCUT2D eigenvalue weighted by molar-refractivity contribution is 5.38. The molecule has 0 N–H and O–H groups in total. The van der Waals surface area contributed by atoms with E-state index in [0.717, 1.165) is 0 Å². The van der Waals surface area contributed by atoms with E-state index >= 15 is 0 Å². The van der Waals surface area contributed by atoms with Gasteiger partial charge < -0.3 is 4.74 Å². The normalized spacial score (nSPS) is 37.3. The second-order valence-corrected chi connectivity index (χ2v) is 1.52. The minimum atomic E-state index is -0.884. The quantitative estimate of drug-likeness (QED) is 0.470. The first-order valence-electron chi connectivity index (χ1n) is 2.08. The fourth-order valence-corrected chi connectivity index (χ4v) is 0.356. The van der Waals surface area contributed by atoms with Crippen molar-refractivity contribution in [3.05, 3.63) is 0 Å². The number of hydrogen-bond acceptors (Lipinski definition) is 2. The van der Waals surface area contributed by atoms with Crippen LogP contribution < -0.4 is 0 Å². The Morgan fingerprint density at radius 3 is 2.57 bits per heavy atom. The van der Waals surface area contributed by atoms with Gasteiger partial charge in [0, 0.05) is 6.42 Å². The predicted molar refractivity (Wildman–Crippen MR) is 20.4 cm³/mol. The van der Waals surface area contributed by atoms with Crippen molar-refractivity contribution in [3.63, 3.8) is 0 Å². The van der Waals surface area contributed by atoms with E-state index in [1.165, 1.54) is 0 Å². The first-order valence-corrected chi connectivity index (χ1v) is 2.08. The summed E-state index contributed by atoms with van der Waals surface area (Å²) < 4.78 is 15.9. The lowest BCUT2D eigenvalue weighted by Gasteiger charge is -1.85. The lowest BCUT2D eigenvalue weighted by Crippen LogP contribution is -1.92.